The summed E-state index contributed by atoms with van der Waals surface area (Å²) in [4.78, 5) is 19.4. The van der Waals surface area contributed by atoms with E-state index in [1.54, 1.807) is 18.2 Å². The lowest BCUT2D eigenvalue weighted by Crippen LogP contribution is -2.40. The maximum absolute atomic E-state index is 12.7. The van der Waals surface area contributed by atoms with E-state index >= 15 is 0 Å². The van der Waals surface area contributed by atoms with Crippen LogP contribution < -0.4 is 10.1 Å². The molecule has 2 heterocycles. The van der Waals surface area contributed by atoms with E-state index in [9.17, 15) is 4.79 Å². The van der Waals surface area contributed by atoms with Gasteiger partial charge in [0, 0.05) is 23.0 Å². The van der Waals surface area contributed by atoms with E-state index in [0.717, 1.165) is 44.5 Å². The molecule has 1 N–H and O–H groups in total. The average molecular weight is 531 g/mol. The first-order chi connectivity index (χ1) is 17.4. The van der Waals surface area contributed by atoms with E-state index in [0.29, 0.717) is 40.4 Å². The van der Waals surface area contributed by atoms with Gasteiger partial charge in [0.25, 0.3) is 0 Å². The number of rotatable bonds is 10. The number of aryl methyl sites for hydroxylation is 1. The van der Waals surface area contributed by atoms with Crippen molar-refractivity contribution in [1.29, 1.82) is 0 Å². The van der Waals surface area contributed by atoms with Crippen molar-refractivity contribution in [2.45, 2.75) is 52.2 Å². The molecule has 192 valence electrons. The first kappa shape index (κ1) is 26.5. The molecule has 1 aromatic heterocycles. The second kappa shape index (κ2) is 12.6. The molecule has 0 atom stereocenters. The number of hydrogen-bond donors (Lipinski definition) is 1. The smallest absolute Gasteiger partial charge is 0.241 e. The number of hydrogen-bond acceptors (Lipinski definition) is 6. The number of halogens is 2. The third kappa shape index (κ3) is 7.45. The number of benzene rings is 2. The highest BCUT2D eigenvalue weighted by Gasteiger charge is 2.26. The molecule has 1 amide bonds. The SMILES string of the molecule is CC(C)Oc1cccc(CCCNC(=O)C2CCN(Cc3nc(-c4ccc(Cl)cc4Cl)no3)CC2)c1. The summed E-state index contributed by atoms with van der Waals surface area (Å²) in [5.41, 5.74) is 1.90. The van der Waals surface area contributed by atoms with Crippen LogP contribution in [0.2, 0.25) is 10.0 Å². The predicted octanol–water partition coefficient (Wildman–Crippen LogP) is 5.79. The van der Waals surface area contributed by atoms with Gasteiger partial charge >= 0.3 is 0 Å². The largest absolute Gasteiger partial charge is 0.491 e. The van der Waals surface area contributed by atoms with Gasteiger partial charge in [0.1, 0.15) is 5.75 Å². The minimum absolute atomic E-state index is 0.0372. The Morgan fingerprint density at radius 2 is 2.00 bits per heavy atom. The summed E-state index contributed by atoms with van der Waals surface area (Å²) in [6.45, 7) is 6.87. The van der Waals surface area contributed by atoms with Crippen molar-refractivity contribution < 1.29 is 14.1 Å². The Kier molecular flexibility index (Phi) is 9.24. The molecule has 3 aromatic rings. The van der Waals surface area contributed by atoms with Gasteiger partial charge in [-0.05, 0) is 88.5 Å². The zero-order valence-corrected chi connectivity index (χ0v) is 22.2. The summed E-state index contributed by atoms with van der Waals surface area (Å²) in [6.07, 6.45) is 3.58. The molecule has 1 saturated heterocycles. The molecule has 0 radical (unpaired) electrons. The molecule has 36 heavy (non-hydrogen) atoms. The van der Waals surface area contributed by atoms with Gasteiger partial charge in [0.05, 0.1) is 17.7 Å². The van der Waals surface area contributed by atoms with Crippen LogP contribution in [-0.4, -0.2) is 46.7 Å². The van der Waals surface area contributed by atoms with E-state index in [1.807, 2.05) is 26.0 Å². The number of ether oxygens (including phenoxy) is 1. The lowest BCUT2D eigenvalue weighted by molar-refractivity contribution is -0.126. The zero-order valence-electron chi connectivity index (χ0n) is 20.7. The number of nitrogens with zero attached hydrogens (tertiary/aromatic N) is 3. The minimum Gasteiger partial charge on any atom is -0.491 e. The molecule has 7 nitrogen and oxygen atoms in total. The zero-order chi connectivity index (χ0) is 25.5. The summed E-state index contributed by atoms with van der Waals surface area (Å²) in [6, 6.07) is 13.3. The predicted molar refractivity (Wildman–Crippen MR) is 141 cm³/mol. The summed E-state index contributed by atoms with van der Waals surface area (Å²) in [7, 11) is 0. The quantitative estimate of drug-likeness (QED) is 0.334. The third-order valence-electron chi connectivity index (χ3n) is 6.17. The molecule has 2 aromatic carbocycles. The summed E-state index contributed by atoms with van der Waals surface area (Å²) < 4.78 is 11.2. The molecule has 1 aliphatic heterocycles. The molecule has 0 saturated carbocycles. The van der Waals surface area contributed by atoms with Crippen molar-refractivity contribution in [2.24, 2.45) is 5.92 Å². The fourth-order valence-electron chi connectivity index (χ4n) is 4.34. The summed E-state index contributed by atoms with van der Waals surface area (Å²) >= 11 is 12.2. The first-order valence-electron chi connectivity index (χ1n) is 12.4. The Balaban J connectivity index is 1.17. The highest BCUT2D eigenvalue weighted by atomic mass is 35.5. The number of likely N-dealkylation sites (tertiary alicyclic amines) is 1. The topological polar surface area (TPSA) is 80.5 Å². The highest BCUT2D eigenvalue weighted by Crippen LogP contribution is 2.29. The Morgan fingerprint density at radius 3 is 2.75 bits per heavy atom. The maximum atomic E-state index is 12.7. The van der Waals surface area contributed by atoms with Crippen LogP contribution in [0.4, 0.5) is 0 Å². The van der Waals surface area contributed by atoms with Gasteiger partial charge in [-0.2, -0.15) is 4.98 Å². The molecule has 0 spiro atoms. The van der Waals surface area contributed by atoms with Crippen molar-refractivity contribution in [3.63, 3.8) is 0 Å². The molecule has 9 heteroatoms. The Morgan fingerprint density at radius 1 is 1.19 bits per heavy atom. The van der Waals surface area contributed by atoms with E-state index in [-0.39, 0.29) is 17.9 Å². The van der Waals surface area contributed by atoms with Gasteiger partial charge in [0.15, 0.2) is 0 Å². The number of aromatic nitrogens is 2. The average Bonchev–Trinajstić information content (AvgIpc) is 3.30. The van der Waals surface area contributed by atoms with E-state index < -0.39 is 0 Å². The number of carbonyl (C=O) groups is 1. The normalized spacial score (nSPS) is 14.8. The van der Waals surface area contributed by atoms with Crippen LogP contribution in [0, 0.1) is 5.92 Å². The Bertz CT molecular complexity index is 1160. The van der Waals surface area contributed by atoms with Crippen molar-refractivity contribution in [1.82, 2.24) is 20.4 Å². The fourth-order valence-corrected chi connectivity index (χ4v) is 4.83. The second-order valence-electron chi connectivity index (χ2n) is 9.39. The van der Waals surface area contributed by atoms with Crippen LogP contribution in [0.1, 0.15) is 44.6 Å². The third-order valence-corrected chi connectivity index (χ3v) is 6.72. The molecule has 4 rings (SSSR count). The number of piperidine rings is 1. The number of amides is 1. The van der Waals surface area contributed by atoms with Crippen LogP contribution in [0.5, 0.6) is 5.75 Å². The van der Waals surface area contributed by atoms with Crippen LogP contribution in [0.15, 0.2) is 47.0 Å². The van der Waals surface area contributed by atoms with E-state index in [2.05, 4.69) is 32.5 Å². The van der Waals surface area contributed by atoms with Crippen LogP contribution in [0.25, 0.3) is 11.4 Å². The molecular weight excluding hydrogens is 499 g/mol. The summed E-state index contributed by atoms with van der Waals surface area (Å²) in [5.74, 6) is 2.05. The van der Waals surface area contributed by atoms with Gasteiger partial charge in [-0.3, -0.25) is 9.69 Å². The minimum atomic E-state index is 0.0372. The van der Waals surface area contributed by atoms with Gasteiger partial charge in [-0.15, -0.1) is 0 Å². The first-order valence-corrected chi connectivity index (χ1v) is 13.2. The van der Waals surface area contributed by atoms with Crippen LogP contribution in [0.3, 0.4) is 0 Å². The van der Waals surface area contributed by atoms with Crippen molar-refractivity contribution in [3.8, 4) is 17.1 Å². The van der Waals surface area contributed by atoms with Crippen molar-refractivity contribution in [2.75, 3.05) is 19.6 Å². The van der Waals surface area contributed by atoms with Gasteiger partial charge in [0.2, 0.25) is 17.6 Å². The number of nitrogens with one attached hydrogen (secondary N) is 1. The monoisotopic (exact) mass is 530 g/mol. The van der Waals surface area contributed by atoms with Gasteiger partial charge in [-0.1, -0.05) is 40.5 Å². The van der Waals surface area contributed by atoms with Crippen molar-refractivity contribution in [3.05, 3.63) is 64.0 Å². The number of carbonyl (C=O) groups excluding carboxylic acids is 1. The molecule has 1 aliphatic rings. The van der Waals surface area contributed by atoms with Gasteiger partial charge in [-0.25, -0.2) is 0 Å². The van der Waals surface area contributed by atoms with E-state index in [1.165, 1.54) is 5.56 Å². The Labute approximate surface area is 222 Å². The van der Waals surface area contributed by atoms with E-state index in [4.69, 9.17) is 32.5 Å². The van der Waals surface area contributed by atoms with Gasteiger partial charge < -0.3 is 14.6 Å². The molecule has 0 bridgehead atoms. The lowest BCUT2D eigenvalue weighted by Gasteiger charge is -2.30. The lowest BCUT2D eigenvalue weighted by atomic mass is 9.96. The van der Waals surface area contributed by atoms with Crippen LogP contribution >= 0.6 is 23.2 Å². The second-order valence-corrected chi connectivity index (χ2v) is 10.2. The molecule has 1 fully saturated rings. The summed E-state index contributed by atoms with van der Waals surface area (Å²) in [5, 5.41) is 8.21. The Hall–Kier alpha value is -2.61. The highest BCUT2D eigenvalue weighted by molar-refractivity contribution is 6.36. The molecular formula is C27H32Cl2N4O3. The molecule has 0 unspecified atom stereocenters. The standard InChI is InChI=1S/C27H32Cl2N4O3/c1-18(2)35-22-7-3-5-19(15-22)6-4-12-30-27(34)20-10-13-33(14-11-20)17-25-31-26(32-36-25)23-9-8-21(28)16-24(23)29/h3,5,7-9,15-16,18,20H,4,6,10-14,17H2,1-2H3,(H,30,34). The van der Waals surface area contributed by atoms with Crippen molar-refractivity contribution >= 4 is 29.1 Å². The maximum Gasteiger partial charge on any atom is 0.241 e. The molecule has 0 aliphatic carbocycles. The fraction of sp³-hybridized carbons (Fsp3) is 0.444. The van der Waals surface area contributed by atoms with Crippen LogP contribution in [-0.2, 0) is 17.8 Å².